The van der Waals surface area contributed by atoms with E-state index in [1.165, 1.54) is 0 Å². The molecule has 0 aromatic heterocycles. The molecule has 4 nitrogen and oxygen atoms in total. The molecule has 1 heterocycles. The molecular weight excluding hydrogens is 274 g/mol. The summed E-state index contributed by atoms with van der Waals surface area (Å²) in [5.74, 6) is -0.443. The number of fused-ring (bicyclic) bond motifs is 1. The minimum atomic E-state index is -0.390. The van der Waals surface area contributed by atoms with Gasteiger partial charge in [-0.2, -0.15) is 0 Å². The van der Waals surface area contributed by atoms with Crippen LogP contribution < -0.4 is 5.32 Å². The fourth-order valence-corrected chi connectivity index (χ4v) is 2.16. The molecule has 0 radical (unpaired) electrons. The van der Waals surface area contributed by atoms with Crippen molar-refractivity contribution in [1.82, 2.24) is 0 Å². The lowest BCUT2D eigenvalue weighted by Crippen LogP contribution is -2.06. The van der Waals surface area contributed by atoms with Crippen molar-refractivity contribution in [3.05, 3.63) is 27.7 Å². The van der Waals surface area contributed by atoms with Crippen molar-refractivity contribution >= 4 is 33.5 Å². The molecule has 1 aromatic carbocycles. The summed E-state index contributed by atoms with van der Waals surface area (Å²) in [6.07, 6.45) is 0.358. The molecule has 0 unspecified atom stereocenters. The molecule has 1 aliphatic heterocycles. The van der Waals surface area contributed by atoms with Crippen LogP contribution in [0.25, 0.3) is 0 Å². The van der Waals surface area contributed by atoms with E-state index in [4.69, 9.17) is 4.74 Å². The van der Waals surface area contributed by atoms with E-state index in [9.17, 15) is 9.59 Å². The van der Waals surface area contributed by atoms with Crippen LogP contribution in [0, 0.1) is 0 Å². The van der Waals surface area contributed by atoms with Crippen molar-refractivity contribution < 1.29 is 14.3 Å². The largest absolute Gasteiger partial charge is 0.462 e. The Kier molecular flexibility index (Phi) is 2.96. The van der Waals surface area contributed by atoms with E-state index in [0.717, 1.165) is 5.56 Å². The highest BCUT2D eigenvalue weighted by atomic mass is 79.9. The molecule has 0 fully saturated rings. The number of hydrogen-bond acceptors (Lipinski definition) is 3. The average Bonchev–Trinajstić information content (AvgIpc) is 2.56. The number of carbonyl (C=O) groups excluding carboxylic acids is 2. The maximum Gasteiger partial charge on any atom is 0.339 e. The van der Waals surface area contributed by atoms with Crippen molar-refractivity contribution in [3.8, 4) is 0 Å². The van der Waals surface area contributed by atoms with Crippen molar-refractivity contribution in [2.45, 2.75) is 13.3 Å². The number of rotatable bonds is 2. The molecule has 0 bridgehead atoms. The Labute approximate surface area is 101 Å². The molecule has 84 valence electrons. The molecule has 0 atom stereocenters. The Morgan fingerprint density at radius 3 is 3.00 bits per heavy atom. The van der Waals surface area contributed by atoms with Crippen LogP contribution in [0.4, 0.5) is 5.69 Å². The van der Waals surface area contributed by atoms with Gasteiger partial charge in [0.25, 0.3) is 0 Å². The average molecular weight is 284 g/mol. The molecule has 2 rings (SSSR count). The van der Waals surface area contributed by atoms with E-state index in [1.54, 1.807) is 19.1 Å². The second-order valence-corrected chi connectivity index (χ2v) is 4.29. The Balaban J connectivity index is 2.38. The number of benzene rings is 1. The van der Waals surface area contributed by atoms with Gasteiger partial charge in [-0.05, 0) is 40.5 Å². The molecule has 0 saturated carbocycles. The summed E-state index contributed by atoms with van der Waals surface area (Å²) < 4.78 is 5.57. The third kappa shape index (κ3) is 1.95. The number of halogens is 1. The predicted molar refractivity (Wildman–Crippen MR) is 62.4 cm³/mol. The van der Waals surface area contributed by atoms with Crippen LogP contribution in [0.5, 0.6) is 0 Å². The molecule has 0 spiro atoms. The van der Waals surface area contributed by atoms with Gasteiger partial charge in [-0.3, -0.25) is 4.79 Å². The minimum Gasteiger partial charge on any atom is -0.462 e. The van der Waals surface area contributed by atoms with E-state index in [-0.39, 0.29) is 5.91 Å². The Morgan fingerprint density at radius 2 is 2.31 bits per heavy atom. The van der Waals surface area contributed by atoms with Gasteiger partial charge in [-0.1, -0.05) is 0 Å². The van der Waals surface area contributed by atoms with Gasteiger partial charge in [0.05, 0.1) is 18.6 Å². The van der Waals surface area contributed by atoms with Gasteiger partial charge >= 0.3 is 5.97 Å². The number of esters is 1. The van der Waals surface area contributed by atoms with Crippen LogP contribution in [0.1, 0.15) is 22.8 Å². The lowest BCUT2D eigenvalue weighted by molar-refractivity contribution is -0.115. The van der Waals surface area contributed by atoms with Crippen LogP contribution in [-0.2, 0) is 16.0 Å². The quantitative estimate of drug-likeness (QED) is 0.846. The van der Waals surface area contributed by atoms with Gasteiger partial charge in [0.2, 0.25) is 5.91 Å². The fraction of sp³-hybridized carbons (Fsp3) is 0.273. The SMILES string of the molecule is CCOC(=O)c1cc2c(cc1Br)CC(=O)N2. The van der Waals surface area contributed by atoms with Gasteiger partial charge in [0.15, 0.2) is 0 Å². The van der Waals surface area contributed by atoms with Crippen molar-refractivity contribution in [1.29, 1.82) is 0 Å². The number of ether oxygens (including phenoxy) is 1. The van der Waals surface area contributed by atoms with Gasteiger partial charge in [0.1, 0.15) is 0 Å². The van der Waals surface area contributed by atoms with Crippen LogP contribution in [-0.4, -0.2) is 18.5 Å². The predicted octanol–water partition coefficient (Wildman–Crippen LogP) is 2.12. The summed E-state index contributed by atoms with van der Waals surface area (Å²) >= 11 is 3.30. The third-order valence-electron chi connectivity index (χ3n) is 2.31. The summed E-state index contributed by atoms with van der Waals surface area (Å²) in [6, 6.07) is 3.42. The highest BCUT2D eigenvalue weighted by Gasteiger charge is 2.22. The first kappa shape index (κ1) is 11.1. The third-order valence-corrected chi connectivity index (χ3v) is 2.97. The van der Waals surface area contributed by atoms with E-state index < -0.39 is 5.97 Å². The maximum absolute atomic E-state index is 11.6. The van der Waals surface area contributed by atoms with E-state index in [1.807, 2.05) is 0 Å². The van der Waals surface area contributed by atoms with Crippen LogP contribution in [0.2, 0.25) is 0 Å². The van der Waals surface area contributed by atoms with Crippen LogP contribution >= 0.6 is 15.9 Å². The molecule has 1 aromatic rings. The monoisotopic (exact) mass is 283 g/mol. The zero-order valence-electron chi connectivity index (χ0n) is 8.67. The van der Waals surface area contributed by atoms with Gasteiger partial charge in [0, 0.05) is 10.2 Å². The molecule has 0 aliphatic carbocycles. The smallest absolute Gasteiger partial charge is 0.339 e. The number of carbonyl (C=O) groups is 2. The fourth-order valence-electron chi connectivity index (χ4n) is 1.61. The second-order valence-electron chi connectivity index (χ2n) is 3.43. The highest BCUT2D eigenvalue weighted by molar-refractivity contribution is 9.10. The van der Waals surface area contributed by atoms with E-state index in [2.05, 4.69) is 21.2 Å². The lowest BCUT2D eigenvalue weighted by Gasteiger charge is -2.06. The number of amides is 1. The van der Waals surface area contributed by atoms with E-state index in [0.29, 0.717) is 28.8 Å². The summed E-state index contributed by atoms with van der Waals surface area (Å²) in [4.78, 5) is 22.8. The van der Waals surface area contributed by atoms with E-state index >= 15 is 0 Å². The van der Waals surface area contributed by atoms with Crippen molar-refractivity contribution in [2.24, 2.45) is 0 Å². The Hall–Kier alpha value is -1.36. The molecule has 1 N–H and O–H groups in total. The molecule has 1 aliphatic rings. The Bertz CT molecular complexity index is 471. The number of anilines is 1. The van der Waals surface area contributed by atoms with Crippen LogP contribution in [0.15, 0.2) is 16.6 Å². The minimum absolute atomic E-state index is 0.0529. The van der Waals surface area contributed by atoms with Gasteiger partial charge in [-0.25, -0.2) is 4.79 Å². The molecule has 0 saturated heterocycles. The van der Waals surface area contributed by atoms with Crippen molar-refractivity contribution in [2.75, 3.05) is 11.9 Å². The van der Waals surface area contributed by atoms with Crippen LogP contribution in [0.3, 0.4) is 0 Å². The normalized spacial score (nSPS) is 13.2. The van der Waals surface area contributed by atoms with Gasteiger partial charge < -0.3 is 10.1 Å². The summed E-state index contributed by atoms with van der Waals surface area (Å²) in [7, 11) is 0. The standard InChI is InChI=1S/C11H10BrNO3/c1-2-16-11(15)7-5-9-6(3-8(7)12)4-10(14)13-9/h3,5H,2,4H2,1H3,(H,13,14). The first-order valence-electron chi connectivity index (χ1n) is 4.91. The topological polar surface area (TPSA) is 55.4 Å². The summed E-state index contributed by atoms with van der Waals surface area (Å²) in [6.45, 7) is 2.08. The number of hydrogen-bond donors (Lipinski definition) is 1. The Morgan fingerprint density at radius 1 is 1.56 bits per heavy atom. The first-order chi connectivity index (χ1) is 7.61. The second kappa shape index (κ2) is 4.25. The zero-order chi connectivity index (χ0) is 11.7. The summed E-state index contributed by atoms with van der Waals surface area (Å²) in [5, 5.41) is 2.69. The molecule has 5 heteroatoms. The lowest BCUT2D eigenvalue weighted by atomic mass is 10.1. The van der Waals surface area contributed by atoms with Gasteiger partial charge in [-0.15, -0.1) is 0 Å². The van der Waals surface area contributed by atoms with Crippen molar-refractivity contribution in [3.63, 3.8) is 0 Å². The maximum atomic E-state index is 11.6. The number of nitrogens with one attached hydrogen (secondary N) is 1. The highest BCUT2D eigenvalue weighted by Crippen LogP contribution is 2.30. The summed E-state index contributed by atoms with van der Waals surface area (Å²) in [5.41, 5.74) is 2.02. The molecule has 1 amide bonds. The first-order valence-corrected chi connectivity index (χ1v) is 5.70. The molecule has 16 heavy (non-hydrogen) atoms. The zero-order valence-corrected chi connectivity index (χ0v) is 10.3. The molecular formula is C11H10BrNO3.